The summed E-state index contributed by atoms with van der Waals surface area (Å²) in [5.41, 5.74) is 0.243. The molecule has 1 aromatic carbocycles. The summed E-state index contributed by atoms with van der Waals surface area (Å²) >= 11 is 0. The van der Waals surface area contributed by atoms with E-state index in [1.165, 1.54) is 25.7 Å². The van der Waals surface area contributed by atoms with Gasteiger partial charge in [-0.2, -0.15) is 0 Å². The molecular weight excluding hydrogens is 321 g/mol. The number of hydrogen-bond donors (Lipinski definition) is 0. The Labute approximate surface area is 140 Å². The maximum atomic E-state index is 13.8. The molecule has 0 N–H and O–H groups in total. The summed E-state index contributed by atoms with van der Waals surface area (Å²) in [5, 5.41) is 0. The topological polar surface area (TPSA) is 27.7 Å². The van der Waals surface area contributed by atoms with E-state index in [1.807, 2.05) is 0 Å². The Morgan fingerprint density at radius 1 is 1.00 bits per heavy atom. The van der Waals surface area contributed by atoms with Crippen molar-refractivity contribution in [1.82, 2.24) is 0 Å². The molecule has 2 fully saturated rings. The summed E-state index contributed by atoms with van der Waals surface area (Å²) in [6, 6.07) is 2.14. The van der Waals surface area contributed by atoms with Crippen LogP contribution in [0.25, 0.3) is 0 Å². The predicted octanol–water partition coefficient (Wildman–Crippen LogP) is 4.76. The lowest BCUT2D eigenvalue weighted by atomic mass is 9.76. The quantitative estimate of drug-likeness (QED) is 0.788. The molecular formula is C18H23F3O3. The Bertz CT molecular complexity index is 527. The van der Waals surface area contributed by atoms with Crippen molar-refractivity contribution in [2.24, 2.45) is 17.8 Å². The largest absolute Gasteiger partial charge is 0.457 e. The molecule has 6 heteroatoms. The number of rotatable bonds is 4. The number of alkyl halides is 1. The number of halogens is 3. The lowest BCUT2D eigenvalue weighted by Crippen LogP contribution is -2.34. The summed E-state index contributed by atoms with van der Waals surface area (Å²) in [6.45, 7) is 2.04. The minimum Gasteiger partial charge on any atom is -0.457 e. The van der Waals surface area contributed by atoms with Gasteiger partial charge in [0.2, 0.25) is 6.86 Å². The molecule has 0 atom stereocenters. The number of hydrogen-bond acceptors (Lipinski definition) is 3. The standard InChI is InChI=1S/C18H23F3O3/c1-11-2-4-12(5-3-11)14-8-22-18(23-9-14)13-6-15(20)17(24-10-19)16(21)7-13/h6-7,11-12,14,18H,2-5,8-10H2,1H3. The molecule has 1 aromatic rings. The van der Waals surface area contributed by atoms with Gasteiger partial charge in [-0.05, 0) is 36.8 Å². The zero-order valence-corrected chi connectivity index (χ0v) is 13.8. The van der Waals surface area contributed by atoms with Crippen LogP contribution in [-0.4, -0.2) is 20.1 Å². The lowest BCUT2D eigenvalue weighted by Gasteiger charge is -2.37. The maximum Gasteiger partial charge on any atom is 0.228 e. The smallest absolute Gasteiger partial charge is 0.228 e. The Hall–Kier alpha value is -1.27. The van der Waals surface area contributed by atoms with Crippen molar-refractivity contribution in [2.75, 3.05) is 20.1 Å². The summed E-state index contributed by atoms with van der Waals surface area (Å²) in [6.07, 6.45) is 4.03. The van der Waals surface area contributed by atoms with E-state index in [1.54, 1.807) is 0 Å². The zero-order chi connectivity index (χ0) is 17.1. The Morgan fingerprint density at radius 3 is 2.12 bits per heavy atom. The third-order valence-corrected chi connectivity index (χ3v) is 5.14. The fraction of sp³-hybridized carbons (Fsp3) is 0.667. The van der Waals surface area contributed by atoms with Gasteiger partial charge < -0.3 is 14.2 Å². The van der Waals surface area contributed by atoms with Crippen LogP contribution in [0.2, 0.25) is 0 Å². The molecule has 1 saturated carbocycles. The Balaban J connectivity index is 1.60. The van der Waals surface area contributed by atoms with Crippen LogP contribution in [0.15, 0.2) is 12.1 Å². The van der Waals surface area contributed by atoms with Gasteiger partial charge in [0.05, 0.1) is 13.2 Å². The van der Waals surface area contributed by atoms with Crippen molar-refractivity contribution in [1.29, 1.82) is 0 Å². The highest BCUT2D eigenvalue weighted by atomic mass is 19.1. The van der Waals surface area contributed by atoms with Crippen LogP contribution in [0.1, 0.15) is 44.5 Å². The van der Waals surface area contributed by atoms with Gasteiger partial charge in [-0.1, -0.05) is 19.8 Å². The fourth-order valence-electron chi connectivity index (χ4n) is 3.65. The Morgan fingerprint density at radius 2 is 1.58 bits per heavy atom. The SMILES string of the molecule is CC1CCC(C2COC(c3cc(F)c(OCF)c(F)c3)OC2)CC1. The van der Waals surface area contributed by atoms with Crippen molar-refractivity contribution in [3.63, 3.8) is 0 Å². The number of ether oxygens (including phenoxy) is 3. The molecule has 3 rings (SSSR count). The molecule has 134 valence electrons. The van der Waals surface area contributed by atoms with E-state index < -0.39 is 30.5 Å². The molecule has 3 nitrogen and oxygen atoms in total. The average molecular weight is 344 g/mol. The average Bonchev–Trinajstić information content (AvgIpc) is 2.59. The third-order valence-electron chi connectivity index (χ3n) is 5.14. The van der Waals surface area contributed by atoms with E-state index >= 15 is 0 Å². The fourth-order valence-corrected chi connectivity index (χ4v) is 3.65. The summed E-state index contributed by atoms with van der Waals surface area (Å²) in [4.78, 5) is 0. The second-order valence-corrected chi connectivity index (χ2v) is 6.85. The highest BCUT2D eigenvalue weighted by Crippen LogP contribution is 2.37. The van der Waals surface area contributed by atoms with Crippen LogP contribution in [0, 0.1) is 29.4 Å². The Kier molecular flexibility index (Phi) is 5.66. The van der Waals surface area contributed by atoms with Crippen LogP contribution < -0.4 is 4.74 Å². The van der Waals surface area contributed by atoms with E-state index in [0.717, 1.165) is 18.1 Å². The highest BCUT2D eigenvalue weighted by molar-refractivity contribution is 5.32. The number of benzene rings is 1. The van der Waals surface area contributed by atoms with Crippen molar-refractivity contribution >= 4 is 0 Å². The van der Waals surface area contributed by atoms with E-state index in [0.29, 0.717) is 25.0 Å². The van der Waals surface area contributed by atoms with Gasteiger partial charge in [0.1, 0.15) is 0 Å². The molecule has 2 aliphatic rings. The summed E-state index contributed by atoms with van der Waals surface area (Å²) < 4.78 is 55.5. The minimum atomic E-state index is -1.29. The van der Waals surface area contributed by atoms with Crippen molar-refractivity contribution in [2.45, 2.75) is 38.9 Å². The van der Waals surface area contributed by atoms with Gasteiger partial charge in [0.15, 0.2) is 23.7 Å². The van der Waals surface area contributed by atoms with E-state index in [4.69, 9.17) is 9.47 Å². The second-order valence-electron chi connectivity index (χ2n) is 6.85. The van der Waals surface area contributed by atoms with Crippen molar-refractivity contribution in [3.8, 4) is 5.75 Å². The third kappa shape index (κ3) is 3.86. The van der Waals surface area contributed by atoms with Crippen LogP contribution in [-0.2, 0) is 9.47 Å². The summed E-state index contributed by atoms with van der Waals surface area (Å²) in [5.74, 6) is -0.924. The molecule has 1 aliphatic heterocycles. The maximum absolute atomic E-state index is 13.8. The first-order chi connectivity index (χ1) is 11.6. The van der Waals surface area contributed by atoms with Crippen molar-refractivity contribution < 1.29 is 27.4 Å². The van der Waals surface area contributed by atoms with Crippen LogP contribution in [0.4, 0.5) is 13.2 Å². The first-order valence-corrected chi connectivity index (χ1v) is 8.49. The van der Waals surface area contributed by atoms with Gasteiger partial charge >= 0.3 is 0 Å². The molecule has 24 heavy (non-hydrogen) atoms. The zero-order valence-electron chi connectivity index (χ0n) is 13.8. The van der Waals surface area contributed by atoms with Crippen LogP contribution in [0.3, 0.4) is 0 Å². The molecule has 1 aliphatic carbocycles. The second kappa shape index (κ2) is 7.74. The van der Waals surface area contributed by atoms with Gasteiger partial charge in [0, 0.05) is 11.5 Å². The molecule has 0 radical (unpaired) electrons. The highest BCUT2D eigenvalue weighted by Gasteiger charge is 2.32. The van der Waals surface area contributed by atoms with E-state index in [2.05, 4.69) is 11.7 Å². The molecule has 0 bridgehead atoms. The van der Waals surface area contributed by atoms with Gasteiger partial charge in [-0.3, -0.25) is 0 Å². The molecule has 0 aromatic heterocycles. The summed E-state index contributed by atoms with van der Waals surface area (Å²) in [7, 11) is 0. The predicted molar refractivity (Wildman–Crippen MR) is 82.2 cm³/mol. The molecule has 0 spiro atoms. The lowest BCUT2D eigenvalue weighted by molar-refractivity contribution is -0.214. The van der Waals surface area contributed by atoms with E-state index in [9.17, 15) is 13.2 Å². The first-order valence-electron chi connectivity index (χ1n) is 8.49. The normalized spacial score (nSPS) is 31.0. The van der Waals surface area contributed by atoms with Crippen LogP contribution in [0.5, 0.6) is 5.75 Å². The monoisotopic (exact) mass is 344 g/mol. The van der Waals surface area contributed by atoms with Crippen molar-refractivity contribution in [3.05, 3.63) is 29.3 Å². The molecule has 1 heterocycles. The molecule has 0 unspecified atom stereocenters. The van der Waals surface area contributed by atoms with Gasteiger partial charge in [-0.25, -0.2) is 13.2 Å². The van der Waals surface area contributed by atoms with Crippen LogP contribution >= 0.6 is 0 Å². The minimum absolute atomic E-state index is 0.243. The molecule has 0 amide bonds. The molecule has 1 saturated heterocycles. The van der Waals surface area contributed by atoms with Gasteiger partial charge in [-0.15, -0.1) is 0 Å². The first kappa shape index (κ1) is 17.5. The van der Waals surface area contributed by atoms with E-state index in [-0.39, 0.29) is 5.56 Å². The van der Waals surface area contributed by atoms with Gasteiger partial charge in [0.25, 0.3) is 0 Å².